The van der Waals surface area contributed by atoms with E-state index < -0.39 is 0 Å². The second-order valence-electron chi connectivity index (χ2n) is 5.55. The third-order valence-electron chi connectivity index (χ3n) is 4.78. The van der Waals surface area contributed by atoms with Crippen molar-refractivity contribution in [1.82, 2.24) is 0 Å². The molecule has 76 valence electrons. The van der Waals surface area contributed by atoms with E-state index in [4.69, 9.17) is 0 Å². The maximum Gasteiger partial charge on any atom is -0.0352 e. The van der Waals surface area contributed by atoms with Crippen LogP contribution < -0.4 is 0 Å². The van der Waals surface area contributed by atoms with Gasteiger partial charge in [-0.05, 0) is 48.9 Å². The summed E-state index contributed by atoms with van der Waals surface area (Å²) in [6.07, 6.45) is 7.47. The van der Waals surface area contributed by atoms with Gasteiger partial charge in [0, 0.05) is 0 Å². The van der Waals surface area contributed by atoms with Crippen LogP contribution in [0, 0.1) is 29.6 Å². The van der Waals surface area contributed by atoms with Crippen molar-refractivity contribution in [3.8, 4) is 0 Å². The van der Waals surface area contributed by atoms with Crippen molar-refractivity contribution in [3.05, 3.63) is 0 Å². The summed E-state index contributed by atoms with van der Waals surface area (Å²) in [4.78, 5) is 0. The minimum atomic E-state index is 1.00. The van der Waals surface area contributed by atoms with Gasteiger partial charge < -0.3 is 0 Å². The summed E-state index contributed by atoms with van der Waals surface area (Å²) in [5, 5.41) is 0. The molecule has 0 nitrogen and oxygen atoms in total. The summed E-state index contributed by atoms with van der Waals surface area (Å²) in [5.74, 6) is 5.40. The first-order valence-electron chi connectivity index (χ1n) is 6.24. The van der Waals surface area contributed by atoms with Crippen LogP contribution in [0.4, 0.5) is 0 Å². The predicted molar refractivity (Wildman–Crippen MR) is 57.6 cm³/mol. The summed E-state index contributed by atoms with van der Waals surface area (Å²) in [6, 6.07) is 0. The third kappa shape index (κ3) is 1.53. The van der Waals surface area contributed by atoms with Gasteiger partial charge in [-0.3, -0.25) is 0 Å². The molecule has 0 bridgehead atoms. The second kappa shape index (κ2) is 3.63. The van der Waals surface area contributed by atoms with E-state index in [-0.39, 0.29) is 0 Å². The van der Waals surface area contributed by atoms with E-state index in [1.54, 1.807) is 12.8 Å². The van der Waals surface area contributed by atoms with Gasteiger partial charge in [-0.2, -0.15) is 0 Å². The first kappa shape index (κ1) is 9.55. The summed E-state index contributed by atoms with van der Waals surface area (Å²) >= 11 is 0. The minimum Gasteiger partial charge on any atom is -0.0654 e. The Balaban J connectivity index is 1.93. The van der Waals surface area contributed by atoms with E-state index in [2.05, 4.69) is 20.8 Å². The second-order valence-corrected chi connectivity index (χ2v) is 5.55. The van der Waals surface area contributed by atoms with Crippen molar-refractivity contribution in [2.75, 3.05) is 0 Å². The minimum absolute atomic E-state index is 1.00. The lowest BCUT2D eigenvalue weighted by Crippen LogP contribution is -2.29. The average molecular weight is 180 g/mol. The first-order valence-corrected chi connectivity index (χ1v) is 6.24. The molecule has 2 fully saturated rings. The Hall–Kier alpha value is 0. The summed E-state index contributed by atoms with van der Waals surface area (Å²) in [7, 11) is 0. The van der Waals surface area contributed by atoms with Crippen molar-refractivity contribution in [1.29, 1.82) is 0 Å². The standard InChI is InChI=1S/C13H24/c1-4-5-9(2)13-8-10(3)11-6-7-12(11)13/h9-13H,4-8H2,1-3H3. The smallest absolute Gasteiger partial charge is 0.0352 e. The van der Waals surface area contributed by atoms with Gasteiger partial charge in [0.2, 0.25) is 0 Å². The largest absolute Gasteiger partial charge is 0.0654 e. The van der Waals surface area contributed by atoms with Crippen LogP contribution in [-0.2, 0) is 0 Å². The highest BCUT2D eigenvalue weighted by Gasteiger charge is 2.47. The Kier molecular flexibility index (Phi) is 2.67. The fourth-order valence-corrected chi connectivity index (χ4v) is 3.89. The van der Waals surface area contributed by atoms with Crippen LogP contribution in [0.5, 0.6) is 0 Å². The van der Waals surface area contributed by atoms with Crippen molar-refractivity contribution in [2.45, 2.75) is 52.9 Å². The van der Waals surface area contributed by atoms with Crippen LogP contribution in [0.1, 0.15) is 52.9 Å². The molecular formula is C13H24. The molecular weight excluding hydrogens is 156 g/mol. The number of hydrogen-bond donors (Lipinski definition) is 0. The maximum atomic E-state index is 2.49. The zero-order valence-corrected chi connectivity index (χ0v) is 9.42. The van der Waals surface area contributed by atoms with Crippen LogP contribution >= 0.6 is 0 Å². The van der Waals surface area contributed by atoms with Crippen LogP contribution in [0.2, 0.25) is 0 Å². The first-order chi connectivity index (χ1) is 6.24. The van der Waals surface area contributed by atoms with Gasteiger partial charge in [0.15, 0.2) is 0 Å². The molecule has 0 amide bonds. The zero-order valence-electron chi connectivity index (χ0n) is 9.42. The molecule has 0 aromatic heterocycles. The zero-order chi connectivity index (χ0) is 9.42. The molecule has 0 N–H and O–H groups in total. The topological polar surface area (TPSA) is 0 Å². The van der Waals surface area contributed by atoms with E-state index in [1.165, 1.54) is 19.3 Å². The summed E-state index contributed by atoms with van der Waals surface area (Å²) in [6.45, 7) is 7.30. The summed E-state index contributed by atoms with van der Waals surface area (Å²) in [5.41, 5.74) is 0. The third-order valence-corrected chi connectivity index (χ3v) is 4.78. The van der Waals surface area contributed by atoms with Gasteiger partial charge in [-0.15, -0.1) is 0 Å². The van der Waals surface area contributed by atoms with Gasteiger partial charge in [0.05, 0.1) is 0 Å². The van der Waals surface area contributed by atoms with Crippen LogP contribution in [0.3, 0.4) is 0 Å². The number of hydrogen-bond acceptors (Lipinski definition) is 0. The Morgan fingerprint density at radius 2 is 1.92 bits per heavy atom. The number of fused-ring (bicyclic) bond motifs is 1. The van der Waals surface area contributed by atoms with Gasteiger partial charge in [0.1, 0.15) is 0 Å². The van der Waals surface area contributed by atoms with E-state index in [0.717, 1.165) is 29.6 Å². The molecule has 2 aliphatic carbocycles. The molecule has 0 heteroatoms. The Morgan fingerprint density at radius 3 is 2.38 bits per heavy atom. The monoisotopic (exact) mass is 180 g/mol. The fourth-order valence-electron chi connectivity index (χ4n) is 3.89. The molecule has 0 radical (unpaired) electrons. The van der Waals surface area contributed by atoms with Gasteiger partial charge in [-0.25, -0.2) is 0 Å². The van der Waals surface area contributed by atoms with Crippen molar-refractivity contribution < 1.29 is 0 Å². The predicted octanol–water partition coefficient (Wildman–Crippen LogP) is 4.10. The van der Waals surface area contributed by atoms with Crippen molar-refractivity contribution in [3.63, 3.8) is 0 Å². The Morgan fingerprint density at radius 1 is 1.23 bits per heavy atom. The number of rotatable bonds is 3. The van der Waals surface area contributed by atoms with E-state index in [9.17, 15) is 0 Å². The van der Waals surface area contributed by atoms with Gasteiger partial charge in [-0.1, -0.05) is 33.6 Å². The highest BCUT2D eigenvalue weighted by molar-refractivity contribution is 4.97. The normalized spacial score (nSPS) is 45.5. The van der Waals surface area contributed by atoms with Gasteiger partial charge in [0.25, 0.3) is 0 Å². The van der Waals surface area contributed by atoms with Crippen molar-refractivity contribution in [2.24, 2.45) is 29.6 Å². The lowest BCUT2D eigenvalue weighted by molar-refractivity contribution is 0.121. The Labute approximate surface area is 83.1 Å². The molecule has 0 heterocycles. The fraction of sp³-hybridized carbons (Fsp3) is 1.00. The molecule has 5 unspecified atom stereocenters. The van der Waals surface area contributed by atoms with E-state index in [1.807, 2.05) is 0 Å². The Bertz CT molecular complexity index is 173. The lowest BCUT2D eigenvalue weighted by atomic mass is 9.68. The molecule has 13 heavy (non-hydrogen) atoms. The lowest BCUT2D eigenvalue weighted by Gasteiger charge is -2.37. The van der Waals surface area contributed by atoms with Crippen LogP contribution in [0.15, 0.2) is 0 Å². The average Bonchev–Trinajstić information content (AvgIpc) is 2.21. The van der Waals surface area contributed by atoms with E-state index in [0.29, 0.717) is 0 Å². The molecule has 2 saturated carbocycles. The van der Waals surface area contributed by atoms with E-state index >= 15 is 0 Å². The summed E-state index contributed by atoms with van der Waals surface area (Å²) < 4.78 is 0. The van der Waals surface area contributed by atoms with Gasteiger partial charge >= 0.3 is 0 Å². The quantitative estimate of drug-likeness (QED) is 0.613. The molecule has 0 saturated heterocycles. The molecule has 2 aliphatic rings. The molecule has 0 aromatic rings. The van der Waals surface area contributed by atoms with Crippen LogP contribution in [-0.4, -0.2) is 0 Å². The molecule has 2 rings (SSSR count). The molecule has 5 atom stereocenters. The molecule has 0 aromatic carbocycles. The maximum absolute atomic E-state index is 2.49. The SMILES string of the molecule is CCCC(C)C1CC(C)C2CCC21. The van der Waals surface area contributed by atoms with Crippen LogP contribution in [0.25, 0.3) is 0 Å². The highest BCUT2D eigenvalue weighted by atomic mass is 14.5. The molecule has 0 aliphatic heterocycles. The molecule has 0 spiro atoms. The highest BCUT2D eigenvalue weighted by Crippen LogP contribution is 2.56. The van der Waals surface area contributed by atoms with Crippen molar-refractivity contribution >= 4 is 0 Å².